The van der Waals surface area contributed by atoms with Gasteiger partial charge in [-0.3, -0.25) is 9.59 Å². The van der Waals surface area contributed by atoms with Gasteiger partial charge < -0.3 is 35.4 Å². The van der Waals surface area contributed by atoms with Gasteiger partial charge in [0.15, 0.2) is 12.2 Å². The van der Waals surface area contributed by atoms with Crippen LogP contribution in [0.3, 0.4) is 0 Å². The molecule has 0 aromatic heterocycles. The summed E-state index contributed by atoms with van der Waals surface area (Å²) in [5.74, 6) is -7.54. The van der Waals surface area contributed by atoms with Crippen LogP contribution in [0.4, 0.5) is 0 Å². The molecule has 0 spiro atoms. The van der Waals surface area contributed by atoms with Crippen LogP contribution in [0.1, 0.15) is 19.8 Å². The zero-order valence-corrected chi connectivity index (χ0v) is 11.8. The van der Waals surface area contributed by atoms with Gasteiger partial charge in [-0.1, -0.05) is 0 Å². The van der Waals surface area contributed by atoms with Crippen LogP contribution in [-0.2, 0) is 28.7 Å². The first-order valence-corrected chi connectivity index (χ1v) is 5.84. The zero-order chi connectivity index (χ0) is 18.7. The van der Waals surface area contributed by atoms with Crippen LogP contribution >= 0.6 is 0 Å². The van der Waals surface area contributed by atoms with E-state index in [1.165, 1.54) is 6.92 Å². The number of carboxylic acid groups (broad SMARTS) is 5. The van der Waals surface area contributed by atoms with Crippen molar-refractivity contribution in [3.05, 3.63) is 0 Å². The summed E-state index contributed by atoms with van der Waals surface area (Å²) in [6.07, 6.45) is -6.97. The van der Waals surface area contributed by atoms with Crippen molar-refractivity contribution in [3.63, 3.8) is 0 Å². The second-order valence-electron chi connectivity index (χ2n) is 4.00. The average Bonchev–Trinajstić information content (AvgIpc) is 2.36. The monoisotopic (exact) mass is 340 g/mol. The van der Waals surface area contributed by atoms with E-state index in [0.29, 0.717) is 0 Å². The highest BCUT2D eigenvalue weighted by Crippen LogP contribution is 2.08. The van der Waals surface area contributed by atoms with Crippen LogP contribution in [0.25, 0.3) is 0 Å². The lowest BCUT2D eigenvalue weighted by Crippen LogP contribution is -2.36. The fourth-order valence-corrected chi connectivity index (χ4v) is 0.903. The van der Waals surface area contributed by atoms with Crippen LogP contribution in [0.15, 0.2) is 0 Å². The number of aliphatic carboxylic acids is 5. The van der Waals surface area contributed by atoms with E-state index in [-0.39, 0.29) is 0 Å². The summed E-state index contributed by atoms with van der Waals surface area (Å²) in [6, 6.07) is 0. The Morgan fingerprint density at radius 3 is 1.13 bits per heavy atom. The molecule has 0 aromatic rings. The molecule has 3 unspecified atom stereocenters. The van der Waals surface area contributed by atoms with E-state index < -0.39 is 61.0 Å². The summed E-state index contributed by atoms with van der Waals surface area (Å²) in [4.78, 5) is 51.1. The predicted molar refractivity (Wildman–Crippen MR) is 67.8 cm³/mol. The molecule has 12 heteroatoms. The molecule has 0 heterocycles. The molecule has 23 heavy (non-hydrogen) atoms. The van der Waals surface area contributed by atoms with E-state index in [1.54, 1.807) is 0 Å². The summed E-state index contributed by atoms with van der Waals surface area (Å²) in [6.45, 7) is 1.20. The molecule has 132 valence electrons. The summed E-state index contributed by atoms with van der Waals surface area (Å²) >= 11 is 0. The van der Waals surface area contributed by atoms with Crippen molar-refractivity contribution in [1.82, 2.24) is 0 Å². The van der Waals surface area contributed by atoms with E-state index >= 15 is 0 Å². The fraction of sp³-hybridized carbons (Fsp3) is 0.545. The number of aliphatic hydroxyl groups is 1. The Labute approximate surface area is 128 Å². The van der Waals surface area contributed by atoms with E-state index in [9.17, 15) is 24.0 Å². The Morgan fingerprint density at radius 1 is 0.739 bits per heavy atom. The first-order valence-electron chi connectivity index (χ1n) is 5.84. The molecule has 0 saturated heterocycles. The molecule has 6 N–H and O–H groups in total. The van der Waals surface area contributed by atoms with Gasteiger partial charge in [0.2, 0.25) is 0 Å². The molecule has 3 atom stereocenters. The molecule has 0 rings (SSSR count). The van der Waals surface area contributed by atoms with Gasteiger partial charge in [0.05, 0.1) is 12.8 Å². The largest absolute Gasteiger partial charge is 0.481 e. The second kappa shape index (κ2) is 10.9. The summed E-state index contributed by atoms with van der Waals surface area (Å²) in [5.41, 5.74) is 0. The molecule has 0 aliphatic rings. The summed E-state index contributed by atoms with van der Waals surface area (Å²) in [5, 5.41) is 49.6. The van der Waals surface area contributed by atoms with Crippen molar-refractivity contribution in [2.24, 2.45) is 0 Å². The molecule has 0 fully saturated rings. The quantitative estimate of drug-likeness (QED) is 0.277. The topological polar surface area (TPSA) is 216 Å². The van der Waals surface area contributed by atoms with Gasteiger partial charge in [0.25, 0.3) is 0 Å². The average molecular weight is 340 g/mol. The van der Waals surface area contributed by atoms with Crippen molar-refractivity contribution in [1.29, 1.82) is 0 Å². The zero-order valence-electron chi connectivity index (χ0n) is 11.8. The summed E-state index contributed by atoms with van der Waals surface area (Å²) < 4.78 is 4.43. The molecular weight excluding hydrogens is 324 g/mol. The number of hydrogen-bond acceptors (Lipinski definition) is 7. The molecule has 0 aliphatic heterocycles. The molecule has 0 saturated carbocycles. The van der Waals surface area contributed by atoms with E-state index in [1.807, 2.05) is 0 Å². The van der Waals surface area contributed by atoms with E-state index in [0.717, 1.165) is 0 Å². The smallest absolute Gasteiger partial charge is 0.333 e. The fourth-order valence-electron chi connectivity index (χ4n) is 0.903. The van der Waals surface area contributed by atoms with Crippen LogP contribution in [-0.4, -0.2) is 78.8 Å². The van der Waals surface area contributed by atoms with Crippen molar-refractivity contribution >= 4 is 29.8 Å². The van der Waals surface area contributed by atoms with Crippen molar-refractivity contribution in [2.75, 3.05) is 0 Å². The maximum absolute atomic E-state index is 10.6. The lowest BCUT2D eigenvalue weighted by Gasteiger charge is -2.16. The molecule has 12 nitrogen and oxygen atoms in total. The number of rotatable bonds is 9. The van der Waals surface area contributed by atoms with Gasteiger partial charge in [-0.25, -0.2) is 14.4 Å². The van der Waals surface area contributed by atoms with Gasteiger partial charge in [-0.2, -0.15) is 0 Å². The highest BCUT2D eigenvalue weighted by atomic mass is 16.5. The number of carboxylic acids is 5. The molecule has 0 aliphatic carbocycles. The van der Waals surface area contributed by atoms with Crippen LogP contribution in [0, 0.1) is 0 Å². The minimum atomic E-state index is -1.91. The standard InChI is InChI=1S/C8H10O9.C3H6O3/c9-5(10)1-3(7(13)14)17-4(8(15)16)2-6(11)12;1-2(4)3(5)6/h3-4H,1-2H2,(H,9,10)(H,11,12)(H,13,14)(H,15,16);2,4H,1H3,(H,5,6). The van der Waals surface area contributed by atoms with Crippen molar-refractivity contribution in [3.8, 4) is 0 Å². The van der Waals surface area contributed by atoms with E-state index in [4.69, 9.17) is 30.6 Å². The molecule has 0 aromatic carbocycles. The van der Waals surface area contributed by atoms with Crippen LogP contribution in [0.2, 0.25) is 0 Å². The lowest BCUT2D eigenvalue weighted by molar-refractivity contribution is -0.172. The van der Waals surface area contributed by atoms with Gasteiger partial charge in [0, 0.05) is 0 Å². The Kier molecular flexibility index (Phi) is 10.7. The maximum atomic E-state index is 10.6. The number of aliphatic hydroxyl groups excluding tert-OH is 1. The normalized spacial score (nSPS) is 13.7. The predicted octanol–water partition coefficient (Wildman–Crippen LogP) is -1.69. The van der Waals surface area contributed by atoms with Crippen LogP contribution in [0.5, 0.6) is 0 Å². The maximum Gasteiger partial charge on any atom is 0.333 e. The number of ether oxygens (including phenoxy) is 1. The highest BCUT2D eigenvalue weighted by molar-refractivity contribution is 5.82. The van der Waals surface area contributed by atoms with Gasteiger partial charge in [0.1, 0.15) is 6.10 Å². The lowest BCUT2D eigenvalue weighted by atomic mass is 10.2. The van der Waals surface area contributed by atoms with Gasteiger partial charge in [-0.05, 0) is 6.92 Å². The van der Waals surface area contributed by atoms with Crippen molar-refractivity contribution in [2.45, 2.75) is 38.1 Å². The molecule has 0 radical (unpaired) electrons. The molecular formula is C11H16O12. The first kappa shape index (κ1) is 22.5. The first-order chi connectivity index (χ1) is 10.4. The third-order valence-corrected chi connectivity index (χ3v) is 1.96. The Hall–Kier alpha value is -2.73. The third kappa shape index (κ3) is 12.7. The Bertz CT molecular complexity index is 422. The number of hydrogen-bond donors (Lipinski definition) is 6. The SMILES string of the molecule is CC(O)C(=O)O.O=C(O)CC(OC(CC(=O)O)C(=O)O)C(=O)O. The minimum absolute atomic E-state index is 0.960. The Morgan fingerprint density at radius 2 is 1.00 bits per heavy atom. The van der Waals surface area contributed by atoms with Gasteiger partial charge in [-0.15, -0.1) is 0 Å². The Balaban J connectivity index is 0. The number of carbonyl (C=O) groups is 5. The van der Waals surface area contributed by atoms with E-state index in [2.05, 4.69) is 4.74 Å². The van der Waals surface area contributed by atoms with Crippen LogP contribution < -0.4 is 0 Å². The second-order valence-corrected chi connectivity index (χ2v) is 4.00. The van der Waals surface area contributed by atoms with Gasteiger partial charge >= 0.3 is 29.8 Å². The minimum Gasteiger partial charge on any atom is -0.481 e. The van der Waals surface area contributed by atoms with Crippen molar-refractivity contribution < 1.29 is 59.3 Å². The third-order valence-electron chi connectivity index (χ3n) is 1.96. The summed E-state index contributed by atoms with van der Waals surface area (Å²) in [7, 11) is 0. The molecule has 0 bridgehead atoms. The molecule has 0 amide bonds. The highest BCUT2D eigenvalue weighted by Gasteiger charge is 2.30.